The third kappa shape index (κ3) is 3.79. The highest BCUT2D eigenvalue weighted by atomic mass is 32.1. The molecule has 9 heteroatoms. The molecule has 4 heterocycles. The first kappa shape index (κ1) is 18.2. The first-order chi connectivity index (χ1) is 12.8. The van der Waals surface area contributed by atoms with Crippen molar-refractivity contribution in [2.75, 3.05) is 18.8 Å². The molecule has 5 nitrogen and oxygen atoms in total. The average molecular weight is 396 g/mol. The van der Waals surface area contributed by atoms with Crippen LogP contribution in [0.25, 0.3) is 21.8 Å². The summed E-state index contributed by atoms with van der Waals surface area (Å²) in [6.07, 6.45) is -3.79. The van der Waals surface area contributed by atoms with Crippen molar-refractivity contribution in [3.63, 3.8) is 0 Å². The lowest BCUT2D eigenvalue weighted by molar-refractivity contribution is -0.185. The van der Waals surface area contributed by atoms with Gasteiger partial charge in [0.1, 0.15) is 16.4 Å². The molecular weight excluding hydrogens is 377 g/mol. The molecule has 0 unspecified atom stereocenters. The van der Waals surface area contributed by atoms with Gasteiger partial charge in [-0.2, -0.15) is 13.2 Å². The lowest BCUT2D eigenvalue weighted by atomic mass is 9.96. The number of furan rings is 1. The maximum Gasteiger partial charge on any atom is 0.391 e. The van der Waals surface area contributed by atoms with Gasteiger partial charge < -0.3 is 10.2 Å². The Morgan fingerprint density at radius 3 is 2.63 bits per heavy atom. The minimum atomic E-state index is -4.09. The number of alkyl halides is 3. The van der Waals surface area contributed by atoms with Gasteiger partial charge in [0, 0.05) is 11.4 Å². The number of fused-ring (bicyclic) bond motifs is 1. The molecule has 2 N–H and O–H groups in total. The van der Waals surface area contributed by atoms with Crippen molar-refractivity contribution >= 4 is 27.4 Å². The van der Waals surface area contributed by atoms with Gasteiger partial charge in [-0.3, -0.25) is 4.90 Å². The summed E-state index contributed by atoms with van der Waals surface area (Å²) in [6.45, 7) is 3.32. The van der Waals surface area contributed by atoms with Gasteiger partial charge in [0.25, 0.3) is 0 Å². The Morgan fingerprint density at radius 1 is 1.26 bits per heavy atom. The highest BCUT2D eigenvalue weighted by molar-refractivity contribution is 7.18. The number of hydrogen-bond donors (Lipinski definition) is 1. The van der Waals surface area contributed by atoms with Crippen molar-refractivity contribution in [3.05, 3.63) is 28.8 Å². The van der Waals surface area contributed by atoms with E-state index >= 15 is 0 Å². The normalized spacial score (nSPS) is 17.0. The SMILES string of the molecule is Cc1ccc(-c2nc(N)c3cc(CN4CCC(C(F)(F)F)CC4)sc3n2)o1. The molecule has 1 saturated heterocycles. The van der Waals surface area contributed by atoms with E-state index in [4.69, 9.17) is 10.2 Å². The molecule has 0 spiro atoms. The molecule has 1 fully saturated rings. The number of hydrogen-bond acceptors (Lipinski definition) is 6. The Kier molecular flexibility index (Phi) is 4.59. The molecule has 3 aromatic rings. The zero-order valence-electron chi connectivity index (χ0n) is 14.7. The number of piperidine rings is 1. The number of aryl methyl sites for hydroxylation is 1. The highest BCUT2D eigenvalue weighted by Crippen LogP contribution is 2.36. The molecule has 27 heavy (non-hydrogen) atoms. The van der Waals surface area contributed by atoms with Crippen molar-refractivity contribution in [1.82, 2.24) is 14.9 Å². The number of rotatable bonds is 3. The number of nitrogens with two attached hydrogens (primary N) is 1. The summed E-state index contributed by atoms with van der Waals surface area (Å²) in [5.74, 6) is 0.957. The molecule has 0 bridgehead atoms. The Balaban J connectivity index is 1.51. The van der Waals surface area contributed by atoms with Crippen molar-refractivity contribution in [3.8, 4) is 11.6 Å². The molecule has 0 atom stereocenters. The molecule has 0 saturated carbocycles. The number of thiophene rings is 1. The van der Waals surface area contributed by atoms with E-state index in [1.165, 1.54) is 11.3 Å². The maximum absolute atomic E-state index is 12.8. The molecule has 144 valence electrons. The second-order valence-corrected chi connectivity index (χ2v) is 7.98. The zero-order chi connectivity index (χ0) is 19.2. The second kappa shape index (κ2) is 6.79. The highest BCUT2D eigenvalue weighted by Gasteiger charge is 2.41. The van der Waals surface area contributed by atoms with Gasteiger partial charge in [-0.25, -0.2) is 9.97 Å². The van der Waals surface area contributed by atoms with Gasteiger partial charge >= 0.3 is 6.18 Å². The first-order valence-corrected chi connectivity index (χ1v) is 9.53. The lowest BCUT2D eigenvalue weighted by Gasteiger charge is -2.32. The molecule has 4 rings (SSSR count). The van der Waals surface area contributed by atoms with Crippen LogP contribution in [0.15, 0.2) is 22.6 Å². The van der Waals surface area contributed by atoms with Gasteiger partial charge in [-0.15, -0.1) is 11.3 Å². The minimum absolute atomic E-state index is 0.151. The van der Waals surface area contributed by atoms with Crippen LogP contribution in [0.4, 0.5) is 19.0 Å². The molecule has 0 aromatic carbocycles. The predicted octanol–water partition coefficient (Wildman–Crippen LogP) is 4.62. The summed E-state index contributed by atoms with van der Waals surface area (Å²) in [5, 5.41) is 0.771. The second-order valence-electron chi connectivity index (χ2n) is 6.87. The molecule has 1 aliphatic rings. The summed E-state index contributed by atoms with van der Waals surface area (Å²) >= 11 is 1.49. The van der Waals surface area contributed by atoms with E-state index in [0.29, 0.717) is 37.0 Å². The van der Waals surface area contributed by atoms with Crippen LogP contribution in [-0.4, -0.2) is 34.1 Å². The summed E-state index contributed by atoms with van der Waals surface area (Å²) in [4.78, 5) is 12.7. The summed E-state index contributed by atoms with van der Waals surface area (Å²) in [5.41, 5.74) is 6.09. The largest absolute Gasteiger partial charge is 0.458 e. The number of nitrogen functional groups attached to an aromatic ring is 1. The monoisotopic (exact) mass is 396 g/mol. The summed E-state index contributed by atoms with van der Waals surface area (Å²) in [6, 6.07) is 5.57. The van der Waals surface area contributed by atoms with Gasteiger partial charge in [-0.05, 0) is 51.1 Å². The van der Waals surface area contributed by atoms with Gasteiger partial charge in [0.2, 0.25) is 0 Å². The van der Waals surface area contributed by atoms with Gasteiger partial charge in [0.15, 0.2) is 11.6 Å². The van der Waals surface area contributed by atoms with Crippen LogP contribution >= 0.6 is 11.3 Å². The van der Waals surface area contributed by atoms with Crippen LogP contribution < -0.4 is 5.73 Å². The Labute approximate surface area is 158 Å². The van der Waals surface area contributed by atoms with E-state index in [1.807, 2.05) is 24.0 Å². The fourth-order valence-electron chi connectivity index (χ4n) is 3.37. The Hall–Kier alpha value is -2.13. The molecule has 0 radical (unpaired) electrons. The number of halogens is 3. The quantitative estimate of drug-likeness (QED) is 0.700. The molecule has 1 aliphatic heterocycles. The van der Waals surface area contributed by atoms with Crippen LogP contribution in [0, 0.1) is 12.8 Å². The molecular formula is C18H19F3N4OS. The van der Waals surface area contributed by atoms with Crippen molar-refractivity contribution < 1.29 is 17.6 Å². The lowest BCUT2D eigenvalue weighted by Crippen LogP contribution is -2.38. The third-order valence-corrected chi connectivity index (χ3v) is 5.88. The number of nitrogens with zero attached hydrogens (tertiary/aromatic N) is 3. The van der Waals surface area contributed by atoms with E-state index in [9.17, 15) is 13.2 Å². The van der Waals surface area contributed by atoms with Crippen molar-refractivity contribution in [2.24, 2.45) is 5.92 Å². The number of likely N-dealkylation sites (tertiary alicyclic amines) is 1. The van der Waals surface area contributed by atoms with E-state index in [-0.39, 0.29) is 12.8 Å². The third-order valence-electron chi connectivity index (χ3n) is 4.86. The van der Waals surface area contributed by atoms with Crippen LogP contribution in [-0.2, 0) is 6.54 Å². The molecule has 0 amide bonds. The fourth-order valence-corrected chi connectivity index (χ4v) is 4.45. The average Bonchev–Trinajstić information content (AvgIpc) is 3.20. The zero-order valence-corrected chi connectivity index (χ0v) is 15.5. The van der Waals surface area contributed by atoms with E-state index < -0.39 is 12.1 Å². The smallest absolute Gasteiger partial charge is 0.391 e. The van der Waals surface area contributed by atoms with Crippen LogP contribution in [0.5, 0.6) is 0 Å². The number of anilines is 1. The standard InChI is InChI=1S/C18H19F3N4OS/c1-10-2-3-14(26-10)16-23-15(22)13-8-12(27-17(13)24-16)9-25-6-4-11(5-7-25)18(19,20)21/h2-3,8,11H,4-7,9H2,1H3,(H2,22,23,24). The fraction of sp³-hybridized carbons (Fsp3) is 0.444. The summed E-state index contributed by atoms with van der Waals surface area (Å²) < 4.78 is 44.0. The molecule has 0 aliphatic carbocycles. The van der Waals surface area contributed by atoms with E-state index in [2.05, 4.69) is 9.97 Å². The van der Waals surface area contributed by atoms with Crippen LogP contribution in [0.3, 0.4) is 0 Å². The van der Waals surface area contributed by atoms with Crippen LogP contribution in [0.2, 0.25) is 0 Å². The van der Waals surface area contributed by atoms with E-state index in [0.717, 1.165) is 20.9 Å². The predicted molar refractivity (Wildman–Crippen MR) is 98.3 cm³/mol. The first-order valence-electron chi connectivity index (χ1n) is 8.71. The van der Waals surface area contributed by atoms with Crippen molar-refractivity contribution in [1.29, 1.82) is 0 Å². The Morgan fingerprint density at radius 2 is 2.00 bits per heavy atom. The van der Waals surface area contributed by atoms with Crippen LogP contribution in [0.1, 0.15) is 23.5 Å². The van der Waals surface area contributed by atoms with Gasteiger partial charge in [0.05, 0.1) is 11.3 Å². The topological polar surface area (TPSA) is 68.2 Å². The van der Waals surface area contributed by atoms with Crippen molar-refractivity contribution in [2.45, 2.75) is 32.5 Å². The maximum atomic E-state index is 12.8. The molecule has 3 aromatic heterocycles. The number of aromatic nitrogens is 2. The van der Waals surface area contributed by atoms with Gasteiger partial charge in [-0.1, -0.05) is 0 Å². The summed E-state index contributed by atoms with van der Waals surface area (Å²) in [7, 11) is 0. The Bertz CT molecular complexity index is 957. The van der Waals surface area contributed by atoms with E-state index in [1.54, 1.807) is 6.07 Å². The minimum Gasteiger partial charge on any atom is -0.458 e.